The molecule has 136 valence electrons. The summed E-state index contributed by atoms with van der Waals surface area (Å²) in [7, 11) is 0. The van der Waals surface area contributed by atoms with Crippen molar-refractivity contribution >= 4 is 23.2 Å². The number of carbonyl (C=O) groups excluding carboxylic acids is 2. The van der Waals surface area contributed by atoms with Gasteiger partial charge in [0.15, 0.2) is 0 Å². The molecule has 0 saturated carbocycles. The van der Waals surface area contributed by atoms with E-state index in [2.05, 4.69) is 10.6 Å². The molecular formula is C19H21N3O4. The summed E-state index contributed by atoms with van der Waals surface area (Å²) in [6.07, 6.45) is 0.761. The first-order valence-electron chi connectivity index (χ1n) is 8.33. The number of amides is 2. The van der Waals surface area contributed by atoms with Crippen LogP contribution in [0.5, 0.6) is 0 Å². The monoisotopic (exact) mass is 355 g/mol. The number of hydrogen-bond acceptors (Lipinski definition) is 4. The molecule has 7 heteroatoms. The normalized spacial score (nSPS) is 11.5. The number of nitro groups is 1. The summed E-state index contributed by atoms with van der Waals surface area (Å²) < 4.78 is 0. The lowest BCUT2D eigenvalue weighted by Crippen LogP contribution is -2.23. The van der Waals surface area contributed by atoms with E-state index in [-0.39, 0.29) is 30.0 Å². The summed E-state index contributed by atoms with van der Waals surface area (Å²) >= 11 is 0. The Morgan fingerprint density at radius 2 is 1.85 bits per heavy atom. The number of nitrogens with one attached hydrogen (secondary N) is 2. The van der Waals surface area contributed by atoms with E-state index >= 15 is 0 Å². The number of non-ortho nitro benzene ring substituents is 1. The van der Waals surface area contributed by atoms with Gasteiger partial charge in [-0.2, -0.15) is 0 Å². The van der Waals surface area contributed by atoms with Gasteiger partial charge in [-0.1, -0.05) is 26.0 Å². The topological polar surface area (TPSA) is 101 Å². The Labute approximate surface area is 151 Å². The van der Waals surface area contributed by atoms with Crippen LogP contribution >= 0.6 is 0 Å². The molecule has 0 bridgehead atoms. The van der Waals surface area contributed by atoms with Crippen LogP contribution in [0.15, 0.2) is 48.5 Å². The lowest BCUT2D eigenvalue weighted by atomic mass is 10.1. The Balaban J connectivity index is 1.96. The minimum absolute atomic E-state index is 0.0421. The van der Waals surface area contributed by atoms with Crippen LogP contribution in [0.3, 0.4) is 0 Å². The molecule has 2 amide bonds. The standard InChI is InChI=1S/C19H21N3O4/c1-3-13(2)18(23)21-16-6-4-5-14(11-16)12-20-19(24)15-7-9-17(10-8-15)22(25)26/h4-11,13H,3,12H2,1-2H3,(H,20,24)(H,21,23). The third-order valence-electron chi connectivity index (χ3n) is 4.05. The van der Waals surface area contributed by atoms with Crippen molar-refractivity contribution in [3.63, 3.8) is 0 Å². The molecule has 2 aromatic rings. The number of benzene rings is 2. The first kappa shape index (κ1) is 19.1. The smallest absolute Gasteiger partial charge is 0.269 e. The summed E-state index contributed by atoms with van der Waals surface area (Å²) in [6.45, 7) is 4.10. The van der Waals surface area contributed by atoms with Crippen molar-refractivity contribution < 1.29 is 14.5 Å². The quantitative estimate of drug-likeness (QED) is 0.586. The van der Waals surface area contributed by atoms with Gasteiger partial charge in [0.2, 0.25) is 5.91 Å². The average molecular weight is 355 g/mol. The van der Waals surface area contributed by atoms with E-state index in [1.54, 1.807) is 18.2 Å². The van der Waals surface area contributed by atoms with Gasteiger partial charge in [-0.05, 0) is 36.2 Å². The maximum atomic E-state index is 12.1. The van der Waals surface area contributed by atoms with E-state index in [0.717, 1.165) is 12.0 Å². The minimum Gasteiger partial charge on any atom is -0.348 e. The molecular weight excluding hydrogens is 334 g/mol. The van der Waals surface area contributed by atoms with Crippen LogP contribution in [0.25, 0.3) is 0 Å². The Morgan fingerprint density at radius 1 is 1.15 bits per heavy atom. The van der Waals surface area contributed by atoms with Crippen molar-refractivity contribution in [2.75, 3.05) is 5.32 Å². The van der Waals surface area contributed by atoms with Gasteiger partial charge in [-0.25, -0.2) is 0 Å². The maximum Gasteiger partial charge on any atom is 0.269 e. The van der Waals surface area contributed by atoms with Crippen molar-refractivity contribution in [2.24, 2.45) is 5.92 Å². The van der Waals surface area contributed by atoms with Crippen LogP contribution < -0.4 is 10.6 Å². The third kappa shape index (κ3) is 5.14. The van der Waals surface area contributed by atoms with Gasteiger partial charge in [0.1, 0.15) is 0 Å². The van der Waals surface area contributed by atoms with Gasteiger partial charge in [-0.3, -0.25) is 19.7 Å². The fourth-order valence-corrected chi connectivity index (χ4v) is 2.23. The largest absolute Gasteiger partial charge is 0.348 e. The Morgan fingerprint density at radius 3 is 2.46 bits per heavy atom. The summed E-state index contributed by atoms with van der Waals surface area (Å²) in [5, 5.41) is 16.2. The highest BCUT2D eigenvalue weighted by Gasteiger charge is 2.11. The lowest BCUT2D eigenvalue weighted by molar-refractivity contribution is -0.384. The predicted octanol–water partition coefficient (Wildman–Crippen LogP) is 3.51. The number of carbonyl (C=O) groups is 2. The van der Waals surface area contributed by atoms with E-state index in [1.165, 1.54) is 24.3 Å². The third-order valence-corrected chi connectivity index (χ3v) is 4.05. The van der Waals surface area contributed by atoms with Crippen molar-refractivity contribution in [3.8, 4) is 0 Å². The van der Waals surface area contributed by atoms with Crippen LogP contribution in [-0.4, -0.2) is 16.7 Å². The number of anilines is 1. The zero-order valence-electron chi connectivity index (χ0n) is 14.7. The molecule has 0 saturated heterocycles. The zero-order chi connectivity index (χ0) is 19.1. The molecule has 0 aromatic heterocycles. The number of rotatable bonds is 7. The molecule has 0 spiro atoms. The fraction of sp³-hybridized carbons (Fsp3) is 0.263. The minimum atomic E-state index is -0.513. The fourth-order valence-electron chi connectivity index (χ4n) is 2.23. The van der Waals surface area contributed by atoms with Gasteiger partial charge in [0.05, 0.1) is 4.92 Å². The van der Waals surface area contributed by atoms with Crippen molar-refractivity contribution in [1.29, 1.82) is 0 Å². The first-order valence-corrected chi connectivity index (χ1v) is 8.33. The Hall–Kier alpha value is -3.22. The van der Waals surface area contributed by atoms with Crippen LogP contribution in [0.4, 0.5) is 11.4 Å². The molecule has 2 rings (SSSR count). The number of nitrogens with zero attached hydrogens (tertiary/aromatic N) is 1. The van der Waals surface area contributed by atoms with Crippen LogP contribution in [0.1, 0.15) is 36.2 Å². The van der Waals surface area contributed by atoms with Crippen molar-refractivity contribution in [2.45, 2.75) is 26.8 Å². The van der Waals surface area contributed by atoms with Crippen LogP contribution in [0.2, 0.25) is 0 Å². The van der Waals surface area contributed by atoms with E-state index in [1.807, 2.05) is 19.9 Å². The molecule has 1 atom stereocenters. The van der Waals surface area contributed by atoms with Crippen LogP contribution in [-0.2, 0) is 11.3 Å². The average Bonchev–Trinajstić information content (AvgIpc) is 2.65. The van der Waals surface area contributed by atoms with Crippen molar-refractivity contribution in [1.82, 2.24) is 5.32 Å². The zero-order valence-corrected chi connectivity index (χ0v) is 14.7. The van der Waals surface area contributed by atoms with Gasteiger partial charge in [0.25, 0.3) is 11.6 Å². The number of hydrogen-bond donors (Lipinski definition) is 2. The number of nitro benzene ring substituents is 1. The first-order chi connectivity index (χ1) is 12.4. The molecule has 0 radical (unpaired) electrons. The lowest BCUT2D eigenvalue weighted by Gasteiger charge is -2.11. The highest BCUT2D eigenvalue weighted by atomic mass is 16.6. The molecule has 0 heterocycles. The highest BCUT2D eigenvalue weighted by Crippen LogP contribution is 2.14. The highest BCUT2D eigenvalue weighted by molar-refractivity contribution is 5.94. The van der Waals surface area contributed by atoms with Gasteiger partial charge in [0, 0.05) is 35.8 Å². The van der Waals surface area contributed by atoms with Crippen LogP contribution in [0, 0.1) is 16.0 Å². The Bertz CT molecular complexity index is 803. The second kappa shape index (κ2) is 8.75. The van der Waals surface area contributed by atoms with Crippen molar-refractivity contribution in [3.05, 3.63) is 69.8 Å². The summed E-state index contributed by atoms with van der Waals surface area (Å²) in [5.41, 5.74) is 1.79. The molecule has 26 heavy (non-hydrogen) atoms. The summed E-state index contributed by atoms with van der Waals surface area (Å²) in [5.74, 6) is -0.436. The molecule has 0 aliphatic rings. The van der Waals surface area contributed by atoms with E-state index in [0.29, 0.717) is 11.3 Å². The predicted molar refractivity (Wildman–Crippen MR) is 98.8 cm³/mol. The van der Waals surface area contributed by atoms with Gasteiger partial charge < -0.3 is 10.6 Å². The molecule has 0 fully saturated rings. The maximum absolute atomic E-state index is 12.1. The summed E-state index contributed by atoms with van der Waals surface area (Å²) in [6, 6.07) is 12.7. The van der Waals surface area contributed by atoms with Gasteiger partial charge in [-0.15, -0.1) is 0 Å². The molecule has 0 aliphatic heterocycles. The molecule has 7 nitrogen and oxygen atoms in total. The molecule has 2 N–H and O–H groups in total. The van der Waals surface area contributed by atoms with E-state index in [9.17, 15) is 19.7 Å². The molecule has 1 unspecified atom stereocenters. The Kier molecular flexibility index (Phi) is 6.43. The summed E-state index contributed by atoms with van der Waals surface area (Å²) in [4.78, 5) is 34.2. The van der Waals surface area contributed by atoms with E-state index in [4.69, 9.17) is 0 Å². The second-order valence-electron chi connectivity index (χ2n) is 5.99. The van der Waals surface area contributed by atoms with Gasteiger partial charge >= 0.3 is 0 Å². The second-order valence-corrected chi connectivity index (χ2v) is 5.99. The van der Waals surface area contributed by atoms with E-state index < -0.39 is 4.92 Å². The SMILES string of the molecule is CCC(C)C(=O)Nc1cccc(CNC(=O)c2ccc([N+](=O)[O-])cc2)c1. The molecule has 2 aromatic carbocycles. The molecule has 0 aliphatic carbocycles.